The lowest BCUT2D eigenvalue weighted by atomic mass is 9.91. The summed E-state index contributed by atoms with van der Waals surface area (Å²) in [4.78, 5) is 34.6. The van der Waals surface area contributed by atoms with Gasteiger partial charge in [0.05, 0.1) is 45.6 Å². The number of hydrogen-bond acceptors (Lipinski definition) is 7. The first-order valence-corrected chi connectivity index (χ1v) is 34.9. The van der Waals surface area contributed by atoms with Crippen molar-refractivity contribution in [2.45, 2.75) is 0 Å². The van der Waals surface area contributed by atoms with Crippen LogP contribution >= 0.6 is 0 Å². The first-order chi connectivity index (χ1) is 51.5. The van der Waals surface area contributed by atoms with Crippen LogP contribution in [0.5, 0.6) is 0 Å². The highest BCUT2D eigenvalue weighted by molar-refractivity contribution is 6.01. The van der Waals surface area contributed by atoms with Crippen molar-refractivity contribution in [2.75, 3.05) is 0 Å². The minimum absolute atomic E-state index is 0.656. The van der Waals surface area contributed by atoms with Gasteiger partial charge in [-0.25, -0.2) is 15.0 Å². The van der Waals surface area contributed by atoms with Gasteiger partial charge >= 0.3 is 0 Å². The fourth-order valence-corrected chi connectivity index (χ4v) is 13.7. The van der Waals surface area contributed by atoms with Crippen LogP contribution in [-0.2, 0) is 0 Å². The van der Waals surface area contributed by atoms with Crippen LogP contribution in [0.1, 0.15) is 0 Å². The molecular formula is C97H65N7. The molecule has 488 valence electrons. The normalized spacial score (nSPS) is 11.1. The Balaban J connectivity index is 0.000000156. The van der Waals surface area contributed by atoms with E-state index in [1.165, 1.54) is 21.5 Å². The molecule has 0 saturated carbocycles. The lowest BCUT2D eigenvalue weighted by molar-refractivity contribution is 1.18. The first kappa shape index (κ1) is 63.4. The maximum absolute atomic E-state index is 5.32. The van der Waals surface area contributed by atoms with Crippen molar-refractivity contribution in [2.24, 2.45) is 0 Å². The highest BCUT2D eigenvalue weighted by Gasteiger charge is 2.19. The van der Waals surface area contributed by atoms with Crippen molar-refractivity contribution in [1.29, 1.82) is 0 Å². The third-order valence-corrected chi connectivity index (χ3v) is 19.0. The maximum atomic E-state index is 5.32. The van der Waals surface area contributed by atoms with E-state index in [-0.39, 0.29) is 0 Å². The fraction of sp³-hybridized carbons (Fsp3) is 0. The molecule has 12 aromatic carbocycles. The fourth-order valence-electron chi connectivity index (χ4n) is 13.7. The summed E-state index contributed by atoms with van der Waals surface area (Å²) in [5.41, 5.74) is 27.7. The molecule has 18 rings (SSSR count). The van der Waals surface area contributed by atoms with Gasteiger partial charge in [0.1, 0.15) is 0 Å². The van der Waals surface area contributed by atoms with E-state index in [4.69, 9.17) is 24.9 Å². The largest absolute Gasteiger partial charge is 0.256 e. The van der Waals surface area contributed by atoms with Gasteiger partial charge in [0, 0.05) is 74.9 Å². The van der Waals surface area contributed by atoms with Crippen LogP contribution < -0.4 is 0 Å². The predicted octanol–water partition coefficient (Wildman–Crippen LogP) is 24.8. The van der Waals surface area contributed by atoms with E-state index >= 15 is 0 Å². The summed E-state index contributed by atoms with van der Waals surface area (Å²) in [7, 11) is 0. The van der Waals surface area contributed by atoms with Crippen LogP contribution in [0.2, 0.25) is 0 Å². The van der Waals surface area contributed by atoms with E-state index in [0.29, 0.717) is 5.82 Å². The molecular weight excluding hydrogens is 1260 g/mol. The predicted molar refractivity (Wildman–Crippen MR) is 429 cm³/mol. The zero-order chi connectivity index (χ0) is 69.4. The van der Waals surface area contributed by atoms with Crippen LogP contribution in [0.25, 0.3) is 179 Å². The Kier molecular flexibility index (Phi) is 17.7. The van der Waals surface area contributed by atoms with E-state index in [1.807, 2.05) is 85.5 Å². The molecule has 0 aliphatic rings. The van der Waals surface area contributed by atoms with Gasteiger partial charge in [-0.05, 0) is 180 Å². The minimum atomic E-state index is 0.656. The number of fused-ring (bicyclic) bond motifs is 2. The topological polar surface area (TPSA) is 90.2 Å². The number of aromatic nitrogens is 7. The Morgan fingerprint density at radius 3 is 0.894 bits per heavy atom. The highest BCUT2D eigenvalue weighted by Crippen LogP contribution is 2.41. The van der Waals surface area contributed by atoms with E-state index in [0.717, 1.165) is 151 Å². The second kappa shape index (κ2) is 29.1. The lowest BCUT2D eigenvalue weighted by Gasteiger charge is -2.15. The van der Waals surface area contributed by atoms with Crippen molar-refractivity contribution in [3.8, 4) is 157 Å². The monoisotopic (exact) mass is 1330 g/mol. The summed E-state index contributed by atoms with van der Waals surface area (Å²) in [6.07, 6.45) is 7.44. The molecule has 0 radical (unpaired) electrons. The van der Waals surface area contributed by atoms with E-state index < -0.39 is 0 Å². The molecule has 0 atom stereocenters. The summed E-state index contributed by atoms with van der Waals surface area (Å²) >= 11 is 0. The molecule has 0 bridgehead atoms. The summed E-state index contributed by atoms with van der Waals surface area (Å²) < 4.78 is 0. The van der Waals surface area contributed by atoms with Crippen molar-refractivity contribution in [3.05, 3.63) is 395 Å². The first-order valence-electron chi connectivity index (χ1n) is 34.9. The number of hydrogen-bond donors (Lipinski definition) is 0. The molecule has 7 heteroatoms. The van der Waals surface area contributed by atoms with Crippen LogP contribution in [0.3, 0.4) is 0 Å². The Bertz CT molecular complexity index is 5690. The van der Waals surface area contributed by atoms with Gasteiger partial charge in [0.2, 0.25) is 0 Å². The van der Waals surface area contributed by atoms with Gasteiger partial charge in [-0.15, -0.1) is 0 Å². The smallest absolute Gasteiger partial charge is 0.160 e. The Morgan fingerprint density at radius 1 is 0.144 bits per heavy atom. The van der Waals surface area contributed by atoms with Crippen molar-refractivity contribution in [1.82, 2.24) is 34.9 Å². The molecule has 0 N–H and O–H groups in total. The van der Waals surface area contributed by atoms with E-state index in [2.05, 4.69) is 319 Å². The third-order valence-electron chi connectivity index (χ3n) is 19.0. The molecule has 0 aliphatic heterocycles. The van der Waals surface area contributed by atoms with E-state index in [1.54, 1.807) is 0 Å². The maximum Gasteiger partial charge on any atom is 0.160 e. The standard InChI is InChI=1S/C52H34N4.C45H31N3/c1-3-15-44-35(11-1)13-9-17-46(44)41-31-42(47-18-10-14-36-12-2-4-16-45(36)47)33-43(32-41)52-55-50(39-25-21-37(22-26-39)48-19-5-7-29-53-48)34-51(56-52)40-27-23-38(24-28-40)49-20-6-8-30-54-49;1-5-13-32(14-6-1)36-21-23-46-42(28-36)40-25-38(26-41(27-40)43-29-37(22-24-47-43)33-15-7-2-8-16-33)39-30-44(34-17-9-3-10-18-34)48-45(31-39)35-19-11-4-12-20-35/h1-34H;1-31H. The van der Waals surface area contributed by atoms with Crippen molar-refractivity contribution >= 4 is 21.5 Å². The van der Waals surface area contributed by atoms with Gasteiger partial charge < -0.3 is 0 Å². The number of benzene rings is 12. The molecule has 6 aromatic heterocycles. The average Bonchev–Trinajstić information content (AvgIpc) is 0.771. The highest BCUT2D eigenvalue weighted by atomic mass is 14.9. The summed E-state index contributed by atoms with van der Waals surface area (Å²) in [6, 6.07) is 129. The molecule has 0 fully saturated rings. The Labute approximate surface area is 604 Å². The second-order valence-electron chi connectivity index (χ2n) is 25.6. The quantitative estimate of drug-likeness (QED) is 0.107. The van der Waals surface area contributed by atoms with Crippen LogP contribution in [0, 0.1) is 0 Å². The molecule has 0 amide bonds. The number of pyridine rings is 5. The van der Waals surface area contributed by atoms with Gasteiger partial charge in [-0.2, -0.15) is 0 Å². The molecule has 0 spiro atoms. The van der Waals surface area contributed by atoms with Crippen molar-refractivity contribution in [3.63, 3.8) is 0 Å². The van der Waals surface area contributed by atoms with Gasteiger partial charge in [-0.1, -0.05) is 267 Å². The van der Waals surface area contributed by atoms with Crippen molar-refractivity contribution < 1.29 is 0 Å². The van der Waals surface area contributed by atoms with Gasteiger partial charge in [0.15, 0.2) is 5.82 Å². The summed E-state index contributed by atoms with van der Waals surface area (Å²) in [5, 5.41) is 4.80. The second-order valence-corrected chi connectivity index (χ2v) is 25.6. The van der Waals surface area contributed by atoms with Gasteiger partial charge in [-0.3, -0.25) is 19.9 Å². The SMILES string of the molecule is c1ccc(-c2ccc(-c3cc(-c4ccc(-c5ccccn5)cc4)nc(-c4cc(-c5cccc6ccccc56)cc(-c5cccc6ccccc56)c4)n3)cc2)nc1.c1ccc(-c2ccnc(-c3cc(-c4cc(-c5ccccc5)nc(-c5ccccc5)c4)cc(-c4cc(-c5ccccc5)ccn4)c3)c2)cc1. The molecule has 104 heavy (non-hydrogen) atoms. The third kappa shape index (κ3) is 13.8. The Hall–Kier alpha value is -14.0. The van der Waals surface area contributed by atoms with Crippen LogP contribution in [-0.4, -0.2) is 34.9 Å². The molecule has 18 aromatic rings. The molecule has 0 aliphatic carbocycles. The van der Waals surface area contributed by atoms with E-state index in [9.17, 15) is 0 Å². The Morgan fingerprint density at radius 2 is 0.462 bits per heavy atom. The minimum Gasteiger partial charge on any atom is -0.256 e. The van der Waals surface area contributed by atoms with Crippen LogP contribution in [0.4, 0.5) is 0 Å². The zero-order valence-corrected chi connectivity index (χ0v) is 56.7. The lowest BCUT2D eigenvalue weighted by Crippen LogP contribution is -1.97. The molecule has 0 saturated heterocycles. The number of rotatable bonds is 14. The molecule has 0 unspecified atom stereocenters. The summed E-state index contributed by atoms with van der Waals surface area (Å²) in [5.74, 6) is 0.656. The number of nitrogens with zero attached hydrogens (tertiary/aromatic N) is 7. The van der Waals surface area contributed by atoms with Crippen LogP contribution in [0.15, 0.2) is 395 Å². The zero-order valence-electron chi connectivity index (χ0n) is 56.7. The average molecular weight is 1330 g/mol. The molecule has 7 nitrogen and oxygen atoms in total. The summed E-state index contributed by atoms with van der Waals surface area (Å²) in [6.45, 7) is 0. The molecule has 6 heterocycles. The van der Waals surface area contributed by atoms with Gasteiger partial charge in [0.25, 0.3) is 0 Å².